The minimum atomic E-state index is -0.677. The first-order chi connectivity index (χ1) is 17.8. The van der Waals surface area contributed by atoms with Crippen LogP contribution in [0.5, 0.6) is 11.5 Å². The van der Waals surface area contributed by atoms with E-state index in [0.717, 1.165) is 32.0 Å². The van der Waals surface area contributed by atoms with Crippen molar-refractivity contribution in [1.29, 1.82) is 0 Å². The topological polar surface area (TPSA) is 90.0 Å². The molecule has 3 heterocycles. The lowest BCUT2D eigenvalue weighted by Gasteiger charge is -2.47. The van der Waals surface area contributed by atoms with Crippen molar-refractivity contribution in [2.45, 2.75) is 57.2 Å². The minimum absolute atomic E-state index is 0.0249. The number of ether oxygens (including phenoxy) is 4. The van der Waals surface area contributed by atoms with Crippen LogP contribution in [0.15, 0.2) is 18.3 Å². The molecule has 0 saturated carbocycles. The molecule has 2 aliphatic heterocycles. The molecule has 1 aromatic heterocycles. The molecule has 0 radical (unpaired) electrons. The van der Waals surface area contributed by atoms with Crippen LogP contribution in [-0.2, 0) is 9.47 Å². The standard InChI is InChI=1S/C26H37F2N5O4/c1-26(2)15-17(14-18-6-5-9-33(18)26)30-24-19(27)16-29-25(32-24)31-20-7-8-21(36-12-10-34-3)23(22(20)28)37-13-11-35-4/h7-8,16-18H,5-6,9-15H2,1-4H3,(H2,29,30,31,32)/t17-,18+/m1/s1. The number of benzene rings is 1. The Balaban J connectivity index is 1.50. The number of nitrogens with zero attached hydrogens (tertiary/aromatic N) is 3. The molecule has 2 aliphatic rings. The molecule has 204 valence electrons. The predicted octanol–water partition coefficient (Wildman–Crippen LogP) is 4.37. The maximum atomic E-state index is 15.4. The Morgan fingerprint density at radius 3 is 2.59 bits per heavy atom. The van der Waals surface area contributed by atoms with E-state index in [9.17, 15) is 4.39 Å². The van der Waals surface area contributed by atoms with Crippen LogP contribution < -0.4 is 20.1 Å². The first-order valence-electron chi connectivity index (χ1n) is 12.7. The Morgan fingerprint density at radius 1 is 1.08 bits per heavy atom. The summed E-state index contributed by atoms with van der Waals surface area (Å²) in [5.41, 5.74) is 0.0985. The Kier molecular flexibility index (Phi) is 8.99. The Morgan fingerprint density at radius 2 is 1.84 bits per heavy atom. The average Bonchev–Trinajstić information content (AvgIpc) is 3.34. The van der Waals surface area contributed by atoms with E-state index < -0.39 is 11.6 Å². The van der Waals surface area contributed by atoms with Crippen molar-refractivity contribution in [3.63, 3.8) is 0 Å². The van der Waals surface area contributed by atoms with Gasteiger partial charge in [0, 0.05) is 31.8 Å². The van der Waals surface area contributed by atoms with Gasteiger partial charge in [-0.05, 0) is 58.2 Å². The number of anilines is 3. The monoisotopic (exact) mass is 521 g/mol. The Labute approximate surface area is 216 Å². The normalized spacial score (nSPS) is 20.9. The molecule has 2 fully saturated rings. The average molecular weight is 522 g/mol. The largest absolute Gasteiger partial charge is 0.487 e. The van der Waals surface area contributed by atoms with Gasteiger partial charge in [0.05, 0.1) is 25.1 Å². The van der Waals surface area contributed by atoms with E-state index in [1.165, 1.54) is 19.6 Å². The van der Waals surface area contributed by atoms with E-state index in [-0.39, 0.29) is 60.4 Å². The molecule has 2 saturated heterocycles. The molecular formula is C26H37F2N5O4. The third-order valence-corrected chi connectivity index (χ3v) is 6.93. The van der Waals surface area contributed by atoms with Crippen molar-refractivity contribution in [2.75, 3.05) is 57.8 Å². The van der Waals surface area contributed by atoms with Crippen LogP contribution in [0.2, 0.25) is 0 Å². The van der Waals surface area contributed by atoms with Gasteiger partial charge in [-0.15, -0.1) is 0 Å². The van der Waals surface area contributed by atoms with Gasteiger partial charge in [0.2, 0.25) is 5.95 Å². The molecule has 0 spiro atoms. The molecule has 9 nitrogen and oxygen atoms in total. The highest BCUT2D eigenvalue weighted by Gasteiger charge is 2.43. The molecule has 0 bridgehead atoms. The maximum Gasteiger partial charge on any atom is 0.229 e. The molecule has 0 amide bonds. The Hall–Kier alpha value is -2.76. The van der Waals surface area contributed by atoms with Crippen molar-refractivity contribution >= 4 is 17.5 Å². The number of methoxy groups -OCH3 is 2. The number of piperidine rings is 1. The van der Waals surface area contributed by atoms with Gasteiger partial charge in [0.25, 0.3) is 0 Å². The van der Waals surface area contributed by atoms with Gasteiger partial charge in [-0.25, -0.2) is 13.8 Å². The van der Waals surface area contributed by atoms with E-state index in [1.54, 1.807) is 13.2 Å². The highest BCUT2D eigenvalue weighted by atomic mass is 19.1. The van der Waals surface area contributed by atoms with E-state index in [2.05, 4.69) is 39.3 Å². The second-order valence-electron chi connectivity index (χ2n) is 10.0. The lowest BCUT2D eigenvalue weighted by Crippen LogP contribution is -2.55. The molecule has 2 N–H and O–H groups in total. The molecule has 11 heteroatoms. The highest BCUT2D eigenvalue weighted by molar-refractivity contribution is 5.62. The van der Waals surface area contributed by atoms with Crippen LogP contribution >= 0.6 is 0 Å². The van der Waals surface area contributed by atoms with E-state index >= 15 is 4.39 Å². The van der Waals surface area contributed by atoms with E-state index in [0.29, 0.717) is 12.6 Å². The van der Waals surface area contributed by atoms with Crippen LogP contribution in [0, 0.1) is 11.6 Å². The van der Waals surface area contributed by atoms with Gasteiger partial charge in [0.1, 0.15) is 13.2 Å². The maximum absolute atomic E-state index is 15.4. The number of hydrogen-bond acceptors (Lipinski definition) is 9. The molecule has 37 heavy (non-hydrogen) atoms. The third-order valence-electron chi connectivity index (χ3n) is 6.93. The van der Waals surface area contributed by atoms with Crippen molar-refractivity contribution in [3.8, 4) is 11.5 Å². The molecular weight excluding hydrogens is 484 g/mol. The first kappa shape index (κ1) is 27.3. The van der Waals surface area contributed by atoms with Crippen molar-refractivity contribution < 1.29 is 27.7 Å². The zero-order chi connectivity index (χ0) is 26.4. The quantitative estimate of drug-likeness (QED) is 0.395. The fourth-order valence-corrected chi connectivity index (χ4v) is 5.31. The zero-order valence-corrected chi connectivity index (χ0v) is 22.0. The predicted molar refractivity (Wildman–Crippen MR) is 137 cm³/mol. The molecule has 1 aromatic carbocycles. The number of fused-ring (bicyclic) bond motifs is 1. The Bertz CT molecular complexity index is 1060. The smallest absolute Gasteiger partial charge is 0.229 e. The lowest BCUT2D eigenvalue weighted by atomic mass is 9.84. The lowest BCUT2D eigenvalue weighted by molar-refractivity contribution is 0.0500. The highest BCUT2D eigenvalue weighted by Crippen LogP contribution is 2.39. The third kappa shape index (κ3) is 6.58. The summed E-state index contributed by atoms with van der Waals surface area (Å²) in [6.07, 6.45) is 5.23. The summed E-state index contributed by atoms with van der Waals surface area (Å²) < 4.78 is 51.3. The summed E-state index contributed by atoms with van der Waals surface area (Å²) in [6, 6.07) is 3.65. The fourth-order valence-electron chi connectivity index (χ4n) is 5.31. The molecule has 2 aromatic rings. The van der Waals surface area contributed by atoms with Crippen LogP contribution in [0.25, 0.3) is 0 Å². The summed E-state index contributed by atoms with van der Waals surface area (Å²) in [6.45, 7) is 6.57. The van der Waals surface area contributed by atoms with Crippen molar-refractivity contribution in [3.05, 3.63) is 30.0 Å². The van der Waals surface area contributed by atoms with Gasteiger partial charge in [-0.1, -0.05) is 0 Å². The van der Waals surface area contributed by atoms with Crippen LogP contribution in [0.1, 0.15) is 39.5 Å². The van der Waals surface area contributed by atoms with E-state index in [1.807, 2.05) is 0 Å². The van der Waals surface area contributed by atoms with Crippen LogP contribution in [0.4, 0.5) is 26.2 Å². The van der Waals surface area contributed by atoms with Crippen LogP contribution in [0.3, 0.4) is 0 Å². The minimum Gasteiger partial charge on any atom is -0.487 e. The summed E-state index contributed by atoms with van der Waals surface area (Å²) >= 11 is 0. The second kappa shape index (κ2) is 12.2. The van der Waals surface area contributed by atoms with Crippen molar-refractivity contribution in [1.82, 2.24) is 14.9 Å². The molecule has 0 aliphatic carbocycles. The number of aromatic nitrogens is 2. The molecule has 4 rings (SSSR count). The van der Waals surface area contributed by atoms with E-state index in [4.69, 9.17) is 18.9 Å². The first-order valence-corrected chi connectivity index (χ1v) is 12.7. The van der Waals surface area contributed by atoms with Gasteiger partial charge in [-0.3, -0.25) is 4.90 Å². The fraction of sp³-hybridized carbons (Fsp3) is 0.615. The van der Waals surface area contributed by atoms with Gasteiger partial charge >= 0.3 is 0 Å². The zero-order valence-electron chi connectivity index (χ0n) is 22.0. The van der Waals surface area contributed by atoms with Gasteiger partial charge in [-0.2, -0.15) is 4.98 Å². The number of halogens is 2. The number of rotatable bonds is 12. The summed E-state index contributed by atoms with van der Waals surface area (Å²) in [5, 5.41) is 6.14. The summed E-state index contributed by atoms with van der Waals surface area (Å²) in [7, 11) is 3.08. The summed E-state index contributed by atoms with van der Waals surface area (Å²) in [4.78, 5) is 10.9. The number of hydrogen-bond donors (Lipinski definition) is 2. The summed E-state index contributed by atoms with van der Waals surface area (Å²) in [5.74, 6) is -0.895. The van der Waals surface area contributed by atoms with Crippen LogP contribution in [-0.4, -0.2) is 79.7 Å². The number of nitrogens with one attached hydrogen (secondary N) is 2. The van der Waals surface area contributed by atoms with Crippen molar-refractivity contribution in [2.24, 2.45) is 0 Å². The SMILES string of the molecule is COCCOc1ccc(Nc2ncc(F)c(N[C@@H]3C[C@@H]4CCCN4C(C)(C)C3)n2)c(F)c1OCCOC. The second-order valence-corrected chi connectivity index (χ2v) is 10.0. The molecule has 2 atom stereocenters. The van der Waals surface area contributed by atoms with Gasteiger partial charge < -0.3 is 29.6 Å². The molecule has 0 unspecified atom stereocenters. The van der Waals surface area contributed by atoms with Gasteiger partial charge in [0.15, 0.2) is 29.0 Å².